The lowest BCUT2D eigenvalue weighted by Crippen LogP contribution is -2.30. The highest BCUT2D eigenvalue weighted by Gasteiger charge is 2.34. The Labute approximate surface area is 156 Å². The second-order valence-corrected chi connectivity index (χ2v) is 6.82. The van der Waals surface area contributed by atoms with E-state index in [9.17, 15) is 19.1 Å². The number of aryl methyl sites for hydroxylation is 1. The van der Waals surface area contributed by atoms with Crippen LogP contribution in [0, 0.1) is 18.7 Å². The number of likely N-dealkylation sites (tertiary alicyclic amines) is 1. The van der Waals surface area contributed by atoms with Crippen LogP contribution in [-0.2, 0) is 16.0 Å². The number of halogens is 1. The number of aliphatic hydroxyl groups is 1. The lowest BCUT2D eigenvalue weighted by molar-refractivity contribution is -0.132. The number of hydrogen-bond acceptors (Lipinski definition) is 5. The molecule has 7 nitrogen and oxygen atoms in total. The first-order valence-electron chi connectivity index (χ1n) is 8.84. The summed E-state index contributed by atoms with van der Waals surface area (Å²) in [7, 11) is 0. The van der Waals surface area contributed by atoms with E-state index < -0.39 is 11.9 Å². The van der Waals surface area contributed by atoms with Crippen molar-refractivity contribution in [1.82, 2.24) is 10.1 Å². The van der Waals surface area contributed by atoms with E-state index in [1.165, 1.54) is 18.2 Å². The lowest BCUT2D eigenvalue weighted by Gasteiger charge is -2.15. The summed E-state index contributed by atoms with van der Waals surface area (Å²) in [5, 5.41) is 16.6. The molecule has 0 radical (unpaired) electrons. The smallest absolute Gasteiger partial charge is 0.224 e. The van der Waals surface area contributed by atoms with Gasteiger partial charge in [-0.3, -0.25) is 9.59 Å². The van der Waals surface area contributed by atoms with E-state index >= 15 is 0 Å². The van der Waals surface area contributed by atoms with Gasteiger partial charge in [-0.1, -0.05) is 11.2 Å². The summed E-state index contributed by atoms with van der Waals surface area (Å²) in [6.07, 6.45) is -0.109. The molecule has 2 N–H and O–H groups in total. The van der Waals surface area contributed by atoms with Crippen molar-refractivity contribution in [3.05, 3.63) is 47.6 Å². The van der Waals surface area contributed by atoms with Crippen molar-refractivity contribution >= 4 is 17.5 Å². The van der Waals surface area contributed by atoms with Crippen molar-refractivity contribution < 1.29 is 23.6 Å². The number of amides is 2. The number of anilines is 1. The van der Waals surface area contributed by atoms with Gasteiger partial charge >= 0.3 is 0 Å². The Balaban J connectivity index is 1.46. The van der Waals surface area contributed by atoms with Crippen LogP contribution < -0.4 is 5.32 Å². The molecule has 8 heteroatoms. The third-order valence-corrected chi connectivity index (χ3v) is 4.57. The predicted molar refractivity (Wildman–Crippen MR) is 95.3 cm³/mol. The number of nitrogens with zero attached hydrogens (tertiary/aromatic N) is 2. The Morgan fingerprint density at radius 1 is 1.33 bits per heavy atom. The van der Waals surface area contributed by atoms with Gasteiger partial charge in [0.1, 0.15) is 11.6 Å². The summed E-state index contributed by atoms with van der Waals surface area (Å²) < 4.78 is 18.3. The monoisotopic (exact) mass is 375 g/mol. The number of aromatic nitrogens is 1. The van der Waals surface area contributed by atoms with Gasteiger partial charge in [0.15, 0.2) is 0 Å². The average molecular weight is 375 g/mol. The summed E-state index contributed by atoms with van der Waals surface area (Å²) in [5.41, 5.74) is 1.13. The number of hydrogen-bond donors (Lipinski definition) is 2. The summed E-state index contributed by atoms with van der Waals surface area (Å²) in [6, 6.07) is 7.39. The van der Waals surface area contributed by atoms with Crippen molar-refractivity contribution in [2.45, 2.75) is 32.3 Å². The zero-order chi connectivity index (χ0) is 19.4. The molecule has 0 unspecified atom stereocenters. The molecule has 0 bridgehead atoms. The van der Waals surface area contributed by atoms with Crippen molar-refractivity contribution in [2.75, 3.05) is 18.4 Å². The molecule has 1 fully saturated rings. The van der Waals surface area contributed by atoms with E-state index in [4.69, 9.17) is 4.52 Å². The highest BCUT2D eigenvalue weighted by molar-refractivity contribution is 5.93. The summed E-state index contributed by atoms with van der Waals surface area (Å²) in [6.45, 7) is 2.47. The number of carbonyl (C=O) groups excluding carboxylic acids is 2. The van der Waals surface area contributed by atoms with Gasteiger partial charge in [-0.25, -0.2) is 4.39 Å². The summed E-state index contributed by atoms with van der Waals surface area (Å²) >= 11 is 0. The summed E-state index contributed by atoms with van der Waals surface area (Å²) in [4.78, 5) is 25.8. The molecule has 3 rings (SSSR count). The Morgan fingerprint density at radius 3 is 2.85 bits per heavy atom. The fraction of sp³-hybridized carbons (Fsp3) is 0.421. The maximum absolute atomic E-state index is 13.1. The number of β-amino-alcohol motifs (C(OH)–C–C–N with tert-alkyl or cyclic N) is 1. The first-order valence-corrected chi connectivity index (χ1v) is 8.84. The second-order valence-electron chi connectivity index (χ2n) is 6.82. The van der Waals surface area contributed by atoms with Gasteiger partial charge in [0.05, 0.1) is 11.8 Å². The molecule has 1 aromatic carbocycles. The number of benzene rings is 1. The zero-order valence-electron chi connectivity index (χ0n) is 15.0. The Bertz CT molecular complexity index is 823. The van der Waals surface area contributed by atoms with Crippen LogP contribution in [0.2, 0.25) is 0 Å². The van der Waals surface area contributed by atoms with E-state index in [1.807, 2.05) is 13.0 Å². The highest BCUT2D eigenvalue weighted by atomic mass is 19.1. The van der Waals surface area contributed by atoms with E-state index in [-0.39, 0.29) is 37.1 Å². The van der Waals surface area contributed by atoms with Crippen LogP contribution in [0.4, 0.5) is 10.1 Å². The molecule has 144 valence electrons. The normalized spacial score (nSPS) is 19.3. The minimum Gasteiger partial charge on any atom is -0.391 e. The lowest BCUT2D eigenvalue weighted by atomic mass is 10.0. The van der Waals surface area contributed by atoms with Gasteiger partial charge in [0.25, 0.3) is 0 Å². The fourth-order valence-corrected chi connectivity index (χ4v) is 3.20. The highest BCUT2D eigenvalue weighted by Crippen LogP contribution is 2.23. The van der Waals surface area contributed by atoms with Crippen LogP contribution >= 0.6 is 0 Å². The molecule has 0 spiro atoms. The van der Waals surface area contributed by atoms with Gasteiger partial charge in [-0.05, 0) is 25.1 Å². The zero-order valence-corrected chi connectivity index (χ0v) is 15.0. The number of rotatable bonds is 6. The van der Waals surface area contributed by atoms with Crippen LogP contribution in [0.25, 0.3) is 0 Å². The topological polar surface area (TPSA) is 95.7 Å². The molecule has 2 atom stereocenters. The largest absolute Gasteiger partial charge is 0.391 e. The molecule has 1 aromatic heterocycles. The van der Waals surface area contributed by atoms with Crippen molar-refractivity contribution in [1.29, 1.82) is 0 Å². The number of carbonyl (C=O) groups is 2. The Kier molecular flexibility index (Phi) is 5.85. The Hall–Kier alpha value is -2.74. The van der Waals surface area contributed by atoms with Gasteiger partial charge in [-0.2, -0.15) is 0 Å². The van der Waals surface area contributed by atoms with E-state index in [0.29, 0.717) is 24.4 Å². The molecule has 2 aromatic rings. The molecule has 27 heavy (non-hydrogen) atoms. The SMILES string of the molecule is Cc1cc(C[C@@H]2CN(C(=O)CCC(=O)Nc3cccc(F)c3)C[C@@H]2O)on1. The minimum absolute atomic E-state index is 0.00604. The molecule has 0 aliphatic carbocycles. The van der Waals surface area contributed by atoms with Crippen molar-refractivity contribution in [3.8, 4) is 0 Å². The number of nitrogens with one attached hydrogen (secondary N) is 1. The maximum atomic E-state index is 13.1. The van der Waals surface area contributed by atoms with Crippen LogP contribution in [0.5, 0.6) is 0 Å². The first kappa shape index (κ1) is 19.0. The van der Waals surface area contributed by atoms with Gasteiger partial charge in [0.2, 0.25) is 11.8 Å². The first-order chi connectivity index (χ1) is 12.9. The maximum Gasteiger partial charge on any atom is 0.224 e. The molecular formula is C19H22FN3O4. The molecular weight excluding hydrogens is 353 g/mol. The average Bonchev–Trinajstić information content (AvgIpc) is 3.19. The quantitative estimate of drug-likeness (QED) is 0.804. The molecule has 1 aliphatic rings. The summed E-state index contributed by atoms with van der Waals surface area (Å²) in [5.74, 6) is -0.437. The Morgan fingerprint density at radius 2 is 2.15 bits per heavy atom. The third kappa shape index (κ3) is 5.13. The van der Waals surface area contributed by atoms with Gasteiger partial charge in [-0.15, -0.1) is 0 Å². The van der Waals surface area contributed by atoms with Gasteiger partial charge < -0.3 is 19.8 Å². The van der Waals surface area contributed by atoms with Crippen LogP contribution in [0.1, 0.15) is 24.3 Å². The van der Waals surface area contributed by atoms with E-state index in [1.54, 1.807) is 11.0 Å². The number of aliphatic hydroxyl groups excluding tert-OH is 1. The van der Waals surface area contributed by atoms with E-state index in [0.717, 1.165) is 5.69 Å². The minimum atomic E-state index is -0.638. The van der Waals surface area contributed by atoms with Gasteiger partial charge in [0, 0.05) is 50.0 Å². The van der Waals surface area contributed by atoms with Crippen molar-refractivity contribution in [3.63, 3.8) is 0 Å². The standard InChI is InChI=1S/C19H22FN3O4/c1-12-7-16(27-22-12)8-13-10-23(11-17(13)24)19(26)6-5-18(25)21-15-4-2-3-14(20)9-15/h2-4,7,9,13,17,24H,5-6,8,10-11H2,1H3,(H,21,25)/t13-,17+/m1/s1. The molecule has 2 amide bonds. The molecule has 1 aliphatic heterocycles. The van der Waals surface area contributed by atoms with E-state index in [2.05, 4.69) is 10.5 Å². The second kappa shape index (κ2) is 8.30. The predicted octanol–water partition coefficient (Wildman–Crippen LogP) is 1.90. The van der Waals surface area contributed by atoms with Crippen LogP contribution in [-0.4, -0.2) is 46.2 Å². The fourth-order valence-electron chi connectivity index (χ4n) is 3.20. The molecule has 2 heterocycles. The van der Waals surface area contributed by atoms with Crippen molar-refractivity contribution in [2.24, 2.45) is 5.92 Å². The molecule has 0 saturated carbocycles. The van der Waals surface area contributed by atoms with Crippen LogP contribution in [0.15, 0.2) is 34.9 Å². The molecule has 1 saturated heterocycles. The van der Waals surface area contributed by atoms with Crippen LogP contribution in [0.3, 0.4) is 0 Å². The third-order valence-electron chi connectivity index (χ3n) is 4.57.